The monoisotopic (exact) mass is 305 g/mol. The van der Waals surface area contributed by atoms with E-state index in [0.717, 1.165) is 5.56 Å². The van der Waals surface area contributed by atoms with Crippen molar-refractivity contribution in [2.75, 3.05) is 5.32 Å². The van der Waals surface area contributed by atoms with Crippen LogP contribution >= 0.6 is 15.9 Å². The number of anilines is 1. The van der Waals surface area contributed by atoms with Crippen LogP contribution in [0.2, 0.25) is 0 Å². The Bertz CT molecular complexity index is 607. The van der Waals surface area contributed by atoms with Gasteiger partial charge in [-0.05, 0) is 24.3 Å². The Balaban J connectivity index is 2.14. The van der Waals surface area contributed by atoms with E-state index in [0.29, 0.717) is 22.4 Å². The Morgan fingerprint density at radius 3 is 2.94 bits per heavy atom. The van der Waals surface area contributed by atoms with Gasteiger partial charge < -0.3 is 5.32 Å². The Morgan fingerprint density at radius 1 is 1.39 bits per heavy atom. The maximum atomic E-state index is 13.6. The fraction of sp³-hybridized carbons (Fsp3) is 0.0769. The summed E-state index contributed by atoms with van der Waals surface area (Å²) in [7, 11) is 0. The van der Waals surface area contributed by atoms with Crippen molar-refractivity contribution in [2.45, 2.75) is 6.54 Å². The van der Waals surface area contributed by atoms with E-state index in [-0.39, 0.29) is 5.82 Å². The van der Waals surface area contributed by atoms with E-state index in [9.17, 15) is 4.39 Å². The Labute approximate surface area is 112 Å². The first-order valence-corrected chi connectivity index (χ1v) is 6.03. The lowest BCUT2D eigenvalue weighted by Crippen LogP contribution is -2.04. The highest BCUT2D eigenvalue weighted by atomic mass is 79.9. The van der Waals surface area contributed by atoms with Gasteiger partial charge >= 0.3 is 0 Å². The topological polar surface area (TPSA) is 48.7 Å². The molecule has 0 saturated heterocycles. The number of nitriles is 1. The van der Waals surface area contributed by atoms with Crippen LogP contribution in [0.5, 0.6) is 0 Å². The van der Waals surface area contributed by atoms with Gasteiger partial charge in [0.25, 0.3) is 0 Å². The fourth-order valence-electron chi connectivity index (χ4n) is 1.51. The maximum Gasteiger partial charge on any atom is 0.147 e. The summed E-state index contributed by atoms with van der Waals surface area (Å²) < 4.78 is 14.2. The summed E-state index contributed by atoms with van der Waals surface area (Å²) in [6, 6.07) is 10.3. The van der Waals surface area contributed by atoms with Gasteiger partial charge in [-0.15, -0.1) is 0 Å². The molecule has 1 N–H and O–H groups in total. The molecule has 0 bridgehead atoms. The molecule has 18 heavy (non-hydrogen) atoms. The number of halogens is 2. The molecule has 3 nitrogen and oxygen atoms in total. The lowest BCUT2D eigenvalue weighted by atomic mass is 10.2. The van der Waals surface area contributed by atoms with Crippen LogP contribution in [-0.2, 0) is 6.54 Å². The molecule has 1 aromatic heterocycles. The van der Waals surface area contributed by atoms with Crippen LogP contribution < -0.4 is 5.32 Å². The van der Waals surface area contributed by atoms with Crippen LogP contribution in [0.4, 0.5) is 10.1 Å². The van der Waals surface area contributed by atoms with Crippen molar-refractivity contribution >= 4 is 21.6 Å². The molecule has 0 aliphatic carbocycles. The van der Waals surface area contributed by atoms with E-state index in [2.05, 4.69) is 26.2 Å². The molecule has 2 aromatic rings. The second kappa shape index (κ2) is 5.61. The first-order valence-electron chi connectivity index (χ1n) is 5.23. The SMILES string of the molecule is N#Cc1ncccc1CNc1ccc(Br)cc1F. The number of pyridine rings is 1. The third-order valence-electron chi connectivity index (χ3n) is 2.40. The zero-order valence-electron chi connectivity index (χ0n) is 9.32. The lowest BCUT2D eigenvalue weighted by molar-refractivity contribution is 0.629. The standard InChI is InChI=1S/C13H9BrFN3/c14-10-3-4-12(11(15)6-10)18-8-9-2-1-5-17-13(9)7-16/h1-6,18H,8H2. The van der Waals surface area contributed by atoms with Gasteiger partial charge in [-0.3, -0.25) is 0 Å². The Hall–Kier alpha value is -1.93. The number of nitrogens with zero attached hydrogens (tertiary/aromatic N) is 2. The summed E-state index contributed by atoms with van der Waals surface area (Å²) in [6.07, 6.45) is 1.56. The van der Waals surface area contributed by atoms with E-state index in [1.54, 1.807) is 30.5 Å². The molecular weight excluding hydrogens is 297 g/mol. The minimum Gasteiger partial charge on any atom is -0.378 e. The summed E-state index contributed by atoms with van der Waals surface area (Å²) in [4.78, 5) is 3.94. The average molecular weight is 306 g/mol. The number of aromatic nitrogens is 1. The van der Waals surface area contributed by atoms with Crippen LogP contribution in [0.25, 0.3) is 0 Å². The minimum absolute atomic E-state index is 0.341. The Morgan fingerprint density at radius 2 is 2.22 bits per heavy atom. The zero-order valence-corrected chi connectivity index (χ0v) is 10.9. The zero-order chi connectivity index (χ0) is 13.0. The molecule has 0 radical (unpaired) electrons. The van der Waals surface area contributed by atoms with E-state index in [1.165, 1.54) is 6.07 Å². The van der Waals surface area contributed by atoms with Crippen LogP contribution in [0.15, 0.2) is 41.0 Å². The molecular formula is C13H9BrFN3. The predicted molar refractivity (Wildman–Crippen MR) is 70.4 cm³/mol. The summed E-state index contributed by atoms with van der Waals surface area (Å²) in [6.45, 7) is 0.356. The molecule has 1 heterocycles. The summed E-state index contributed by atoms with van der Waals surface area (Å²) in [5, 5.41) is 11.8. The molecule has 0 fully saturated rings. The third-order valence-corrected chi connectivity index (χ3v) is 2.89. The largest absolute Gasteiger partial charge is 0.378 e. The molecule has 0 atom stereocenters. The fourth-order valence-corrected chi connectivity index (χ4v) is 1.84. The van der Waals surface area contributed by atoms with Gasteiger partial charge in [0, 0.05) is 22.8 Å². The number of hydrogen-bond donors (Lipinski definition) is 1. The first-order chi connectivity index (χ1) is 8.70. The molecule has 0 spiro atoms. The van der Waals surface area contributed by atoms with Crippen molar-refractivity contribution in [1.82, 2.24) is 4.98 Å². The highest BCUT2D eigenvalue weighted by molar-refractivity contribution is 9.10. The van der Waals surface area contributed by atoms with Crippen molar-refractivity contribution in [3.63, 3.8) is 0 Å². The van der Waals surface area contributed by atoms with Crippen molar-refractivity contribution in [3.8, 4) is 6.07 Å². The first kappa shape index (κ1) is 12.5. The molecule has 5 heteroatoms. The van der Waals surface area contributed by atoms with Gasteiger partial charge in [-0.1, -0.05) is 22.0 Å². The number of hydrogen-bond acceptors (Lipinski definition) is 3. The van der Waals surface area contributed by atoms with Gasteiger partial charge in [0.2, 0.25) is 0 Å². The van der Waals surface area contributed by atoms with E-state index >= 15 is 0 Å². The number of benzene rings is 1. The average Bonchev–Trinajstić information content (AvgIpc) is 2.38. The van der Waals surface area contributed by atoms with Gasteiger partial charge in [0.15, 0.2) is 0 Å². The maximum absolute atomic E-state index is 13.6. The normalized spacial score (nSPS) is 9.83. The molecule has 2 rings (SSSR count). The molecule has 0 aliphatic heterocycles. The number of nitrogens with one attached hydrogen (secondary N) is 1. The van der Waals surface area contributed by atoms with Crippen LogP contribution in [0, 0.1) is 17.1 Å². The third kappa shape index (κ3) is 2.84. The van der Waals surface area contributed by atoms with E-state index < -0.39 is 0 Å². The predicted octanol–water partition coefficient (Wildman–Crippen LogP) is 3.47. The van der Waals surface area contributed by atoms with Crippen molar-refractivity contribution in [1.29, 1.82) is 5.26 Å². The highest BCUT2D eigenvalue weighted by Crippen LogP contribution is 2.20. The molecule has 1 aromatic carbocycles. The summed E-state index contributed by atoms with van der Waals surface area (Å²) in [5.41, 5.74) is 1.48. The van der Waals surface area contributed by atoms with Crippen molar-refractivity contribution in [2.24, 2.45) is 0 Å². The minimum atomic E-state index is -0.341. The smallest absolute Gasteiger partial charge is 0.147 e. The lowest BCUT2D eigenvalue weighted by Gasteiger charge is -2.08. The van der Waals surface area contributed by atoms with Gasteiger partial charge in [-0.2, -0.15) is 5.26 Å². The van der Waals surface area contributed by atoms with Crippen LogP contribution in [0.1, 0.15) is 11.3 Å². The second-order valence-electron chi connectivity index (χ2n) is 3.60. The van der Waals surface area contributed by atoms with Crippen LogP contribution in [0.3, 0.4) is 0 Å². The second-order valence-corrected chi connectivity index (χ2v) is 4.52. The van der Waals surface area contributed by atoms with E-state index in [4.69, 9.17) is 5.26 Å². The van der Waals surface area contributed by atoms with Gasteiger partial charge in [0.05, 0.1) is 5.69 Å². The quantitative estimate of drug-likeness (QED) is 0.944. The molecule has 0 amide bonds. The molecule has 90 valence electrons. The molecule has 0 unspecified atom stereocenters. The van der Waals surface area contributed by atoms with Crippen molar-refractivity contribution < 1.29 is 4.39 Å². The molecule has 0 aliphatic rings. The van der Waals surface area contributed by atoms with Crippen LogP contribution in [-0.4, -0.2) is 4.98 Å². The van der Waals surface area contributed by atoms with Gasteiger partial charge in [-0.25, -0.2) is 9.37 Å². The number of rotatable bonds is 3. The van der Waals surface area contributed by atoms with Gasteiger partial charge in [0.1, 0.15) is 17.6 Å². The van der Waals surface area contributed by atoms with Crippen molar-refractivity contribution in [3.05, 3.63) is 58.1 Å². The Kier molecular flexibility index (Phi) is 3.90. The summed E-state index contributed by atoms with van der Waals surface area (Å²) >= 11 is 3.19. The summed E-state index contributed by atoms with van der Waals surface area (Å²) in [5.74, 6) is -0.341. The molecule has 0 saturated carbocycles. The highest BCUT2D eigenvalue weighted by Gasteiger charge is 2.05. The van der Waals surface area contributed by atoms with E-state index in [1.807, 2.05) is 6.07 Å².